The van der Waals surface area contributed by atoms with Crippen molar-refractivity contribution in [1.29, 1.82) is 0 Å². The lowest BCUT2D eigenvalue weighted by molar-refractivity contribution is 0.0865. The number of anilines is 3. The standard InChI is InChI=1S/C24H21ClFN5O2/c1-13-31(20-18(25)3-2-4-19(20)26)22(32)16-12-27-23(30-21(16)33-13)29-15-5-6-17-14(11-15)7-10-28-24(17)8-9-24/h2-6,11-13,28H,7-10H2,1H3,(H,27,29,30). The van der Waals surface area contributed by atoms with Crippen molar-refractivity contribution in [2.45, 2.75) is 38.0 Å². The molecule has 1 amide bonds. The van der Waals surface area contributed by atoms with E-state index in [1.165, 1.54) is 53.3 Å². The molecule has 2 aromatic carbocycles. The quantitative estimate of drug-likeness (QED) is 0.591. The second kappa shape index (κ2) is 7.40. The van der Waals surface area contributed by atoms with Gasteiger partial charge in [-0.3, -0.25) is 9.69 Å². The molecule has 0 radical (unpaired) electrons. The van der Waals surface area contributed by atoms with Crippen molar-refractivity contribution in [2.75, 3.05) is 16.8 Å². The fraction of sp³-hybridized carbons (Fsp3) is 0.292. The lowest BCUT2D eigenvalue weighted by Gasteiger charge is -2.34. The number of hydrogen-bond acceptors (Lipinski definition) is 6. The molecule has 168 valence electrons. The molecule has 7 nitrogen and oxygen atoms in total. The van der Waals surface area contributed by atoms with Crippen LogP contribution in [0.25, 0.3) is 0 Å². The molecule has 1 aromatic heterocycles. The molecule has 0 saturated heterocycles. The summed E-state index contributed by atoms with van der Waals surface area (Å²) in [6.07, 6.45) is 3.93. The van der Waals surface area contributed by atoms with E-state index in [-0.39, 0.29) is 27.7 Å². The molecule has 3 aliphatic rings. The van der Waals surface area contributed by atoms with E-state index in [0.717, 1.165) is 18.7 Å². The number of nitrogens with one attached hydrogen (secondary N) is 2. The number of para-hydroxylation sites is 1. The molecule has 3 heterocycles. The maximum Gasteiger partial charge on any atom is 0.268 e. The molecule has 1 saturated carbocycles. The summed E-state index contributed by atoms with van der Waals surface area (Å²) >= 11 is 6.17. The van der Waals surface area contributed by atoms with Crippen molar-refractivity contribution < 1.29 is 13.9 Å². The summed E-state index contributed by atoms with van der Waals surface area (Å²) < 4.78 is 20.3. The third kappa shape index (κ3) is 3.32. The summed E-state index contributed by atoms with van der Waals surface area (Å²) in [6, 6.07) is 10.6. The summed E-state index contributed by atoms with van der Waals surface area (Å²) in [5.41, 5.74) is 3.87. The summed E-state index contributed by atoms with van der Waals surface area (Å²) in [6.45, 7) is 2.62. The summed E-state index contributed by atoms with van der Waals surface area (Å²) in [7, 11) is 0. The molecular formula is C24H21ClFN5O2. The van der Waals surface area contributed by atoms with Crippen LogP contribution in [0.2, 0.25) is 5.02 Å². The van der Waals surface area contributed by atoms with E-state index in [1.54, 1.807) is 6.92 Å². The summed E-state index contributed by atoms with van der Waals surface area (Å²) in [5, 5.41) is 6.97. The smallest absolute Gasteiger partial charge is 0.268 e. The van der Waals surface area contributed by atoms with Crippen LogP contribution in [-0.2, 0) is 12.0 Å². The molecule has 1 fully saturated rings. The van der Waals surface area contributed by atoms with Crippen LogP contribution in [-0.4, -0.2) is 28.6 Å². The number of nitrogens with zero attached hydrogens (tertiary/aromatic N) is 3. The Balaban J connectivity index is 1.28. The third-order valence-electron chi connectivity index (χ3n) is 6.51. The van der Waals surface area contributed by atoms with E-state index in [4.69, 9.17) is 16.3 Å². The molecule has 1 aliphatic carbocycles. The van der Waals surface area contributed by atoms with Gasteiger partial charge in [0.2, 0.25) is 11.8 Å². The molecule has 6 rings (SSSR count). The first-order valence-electron chi connectivity index (χ1n) is 10.9. The van der Waals surface area contributed by atoms with Gasteiger partial charge in [0.05, 0.1) is 5.02 Å². The van der Waals surface area contributed by atoms with Crippen LogP contribution >= 0.6 is 11.6 Å². The average Bonchev–Trinajstić information content (AvgIpc) is 3.55. The normalized spacial score (nSPS) is 20.2. The fourth-order valence-corrected chi connectivity index (χ4v) is 5.01. The first-order chi connectivity index (χ1) is 15.9. The van der Waals surface area contributed by atoms with Crippen LogP contribution in [0.5, 0.6) is 5.88 Å². The molecule has 0 bridgehead atoms. The molecule has 9 heteroatoms. The number of ether oxygens (including phenoxy) is 1. The Bertz CT molecular complexity index is 1280. The van der Waals surface area contributed by atoms with Crippen LogP contribution < -0.4 is 20.3 Å². The van der Waals surface area contributed by atoms with Crippen molar-refractivity contribution >= 4 is 34.8 Å². The van der Waals surface area contributed by atoms with Gasteiger partial charge < -0.3 is 15.4 Å². The minimum absolute atomic E-state index is 0.0264. The molecule has 1 spiro atoms. The van der Waals surface area contributed by atoms with E-state index in [9.17, 15) is 9.18 Å². The van der Waals surface area contributed by atoms with Gasteiger partial charge in [-0.1, -0.05) is 23.7 Å². The highest BCUT2D eigenvalue weighted by Gasteiger charge is 2.46. The lowest BCUT2D eigenvalue weighted by Crippen LogP contribution is -2.47. The van der Waals surface area contributed by atoms with Crippen molar-refractivity contribution in [3.05, 3.63) is 70.1 Å². The summed E-state index contributed by atoms with van der Waals surface area (Å²) in [5.74, 6) is -0.614. The van der Waals surface area contributed by atoms with E-state index in [2.05, 4.69) is 32.7 Å². The number of halogens is 2. The molecular weight excluding hydrogens is 445 g/mol. The number of carbonyl (C=O) groups is 1. The minimum atomic E-state index is -0.798. The maximum absolute atomic E-state index is 14.5. The third-order valence-corrected chi connectivity index (χ3v) is 6.82. The topological polar surface area (TPSA) is 79.4 Å². The Morgan fingerprint density at radius 1 is 1.30 bits per heavy atom. The zero-order chi connectivity index (χ0) is 22.7. The maximum atomic E-state index is 14.5. The fourth-order valence-electron chi connectivity index (χ4n) is 4.75. The second-order valence-corrected chi connectivity index (χ2v) is 9.04. The highest BCUT2D eigenvalue weighted by Crippen LogP contribution is 2.49. The summed E-state index contributed by atoms with van der Waals surface area (Å²) in [4.78, 5) is 23.0. The van der Waals surface area contributed by atoms with Gasteiger partial charge in [0.15, 0.2) is 6.23 Å². The molecule has 2 N–H and O–H groups in total. The Hall–Kier alpha value is -3.23. The number of rotatable bonds is 3. The number of amides is 1. The van der Waals surface area contributed by atoms with Gasteiger partial charge in [-0.15, -0.1) is 0 Å². The van der Waals surface area contributed by atoms with Crippen molar-refractivity contribution in [1.82, 2.24) is 15.3 Å². The molecule has 1 unspecified atom stereocenters. The van der Waals surface area contributed by atoms with Crippen LogP contribution in [0, 0.1) is 5.82 Å². The monoisotopic (exact) mass is 465 g/mol. The van der Waals surface area contributed by atoms with E-state index >= 15 is 0 Å². The molecule has 2 aliphatic heterocycles. The van der Waals surface area contributed by atoms with Crippen molar-refractivity contribution in [3.8, 4) is 5.88 Å². The van der Waals surface area contributed by atoms with Crippen molar-refractivity contribution in [2.24, 2.45) is 0 Å². The SMILES string of the molecule is CC1Oc2nc(Nc3ccc4c(c3)CCNC43CC3)ncc2C(=O)N1c1c(F)cccc1Cl. The first kappa shape index (κ1) is 20.4. The van der Waals surface area contributed by atoms with Crippen LogP contribution in [0.3, 0.4) is 0 Å². The number of fused-ring (bicyclic) bond motifs is 3. The van der Waals surface area contributed by atoms with Gasteiger partial charge in [-0.2, -0.15) is 4.98 Å². The number of carbonyl (C=O) groups excluding carboxylic acids is 1. The Labute approximate surface area is 194 Å². The van der Waals surface area contributed by atoms with Gasteiger partial charge in [0, 0.05) is 24.0 Å². The average molecular weight is 466 g/mol. The second-order valence-electron chi connectivity index (χ2n) is 8.63. The van der Waals surface area contributed by atoms with E-state index in [1.807, 2.05) is 6.07 Å². The van der Waals surface area contributed by atoms with Crippen molar-refractivity contribution in [3.63, 3.8) is 0 Å². The predicted octanol–water partition coefficient (Wildman–Crippen LogP) is 4.53. The van der Waals surface area contributed by atoms with Gasteiger partial charge in [-0.25, -0.2) is 9.37 Å². The van der Waals surface area contributed by atoms with Gasteiger partial charge in [-0.05, 0) is 61.6 Å². The van der Waals surface area contributed by atoms with Gasteiger partial charge in [0.25, 0.3) is 5.91 Å². The number of benzene rings is 2. The van der Waals surface area contributed by atoms with Gasteiger partial charge in [0.1, 0.15) is 17.1 Å². The molecule has 33 heavy (non-hydrogen) atoms. The lowest BCUT2D eigenvalue weighted by atomic mass is 9.92. The highest BCUT2D eigenvalue weighted by atomic mass is 35.5. The number of hydrogen-bond donors (Lipinski definition) is 2. The highest BCUT2D eigenvalue weighted by molar-refractivity contribution is 6.34. The zero-order valence-corrected chi connectivity index (χ0v) is 18.6. The van der Waals surface area contributed by atoms with Crippen LogP contribution in [0.4, 0.5) is 21.7 Å². The van der Waals surface area contributed by atoms with E-state index in [0.29, 0.717) is 5.95 Å². The van der Waals surface area contributed by atoms with Gasteiger partial charge >= 0.3 is 0 Å². The largest absolute Gasteiger partial charge is 0.453 e. The number of aromatic nitrogens is 2. The minimum Gasteiger partial charge on any atom is -0.453 e. The Morgan fingerprint density at radius 3 is 2.94 bits per heavy atom. The predicted molar refractivity (Wildman–Crippen MR) is 123 cm³/mol. The Morgan fingerprint density at radius 2 is 2.15 bits per heavy atom. The van der Waals surface area contributed by atoms with Crippen LogP contribution in [0.15, 0.2) is 42.6 Å². The zero-order valence-electron chi connectivity index (χ0n) is 17.9. The van der Waals surface area contributed by atoms with Crippen LogP contribution in [0.1, 0.15) is 41.3 Å². The van der Waals surface area contributed by atoms with E-state index < -0.39 is 18.0 Å². The molecule has 3 aromatic rings. The first-order valence-corrected chi connectivity index (χ1v) is 11.3. The Kier molecular flexibility index (Phi) is 4.57. The molecule has 1 atom stereocenters.